The molecule has 1 aromatic heterocycles. The van der Waals surface area contributed by atoms with Crippen LogP contribution in [0.4, 0.5) is 0 Å². The fraction of sp³-hybridized carbons (Fsp3) is 0.800. The number of hydrogen-bond acceptors (Lipinski definition) is 5. The molecule has 2 rings (SSSR count). The fourth-order valence-electron chi connectivity index (χ4n) is 3.02. The number of likely N-dealkylation sites (tertiary alicyclic amines) is 1. The van der Waals surface area contributed by atoms with Crippen molar-refractivity contribution in [3.63, 3.8) is 0 Å². The SMILES string of the molecule is CCc1nc(C2(NCCOC)CCCN(C)C2)sc1C. The molecule has 0 aliphatic carbocycles. The third-order valence-corrected chi connectivity index (χ3v) is 5.31. The number of aromatic nitrogens is 1. The van der Waals surface area contributed by atoms with Crippen molar-refractivity contribution in [1.82, 2.24) is 15.2 Å². The number of methoxy groups -OCH3 is 1. The van der Waals surface area contributed by atoms with Crippen LogP contribution in [0, 0.1) is 6.92 Å². The second-order valence-electron chi connectivity index (χ2n) is 5.72. The van der Waals surface area contributed by atoms with E-state index in [1.165, 1.54) is 28.5 Å². The molecule has 0 spiro atoms. The first-order valence-corrected chi connectivity index (χ1v) is 8.32. The van der Waals surface area contributed by atoms with Gasteiger partial charge in [-0.1, -0.05) is 6.92 Å². The predicted octanol–water partition coefficient (Wildman–Crippen LogP) is 2.17. The van der Waals surface area contributed by atoms with Gasteiger partial charge in [-0.3, -0.25) is 0 Å². The van der Waals surface area contributed by atoms with Crippen LogP contribution < -0.4 is 5.32 Å². The lowest BCUT2D eigenvalue weighted by atomic mass is 9.89. The van der Waals surface area contributed by atoms with Crippen molar-refractivity contribution in [1.29, 1.82) is 0 Å². The van der Waals surface area contributed by atoms with Crippen molar-refractivity contribution in [2.24, 2.45) is 0 Å². The summed E-state index contributed by atoms with van der Waals surface area (Å²) in [6, 6.07) is 0. The Bertz CT molecular complexity index is 435. The monoisotopic (exact) mass is 297 g/mol. The first-order chi connectivity index (χ1) is 9.61. The van der Waals surface area contributed by atoms with Crippen molar-refractivity contribution >= 4 is 11.3 Å². The zero-order valence-electron chi connectivity index (χ0n) is 13.2. The molecular formula is C15H27N3OS. The minimum absolute atomic E-state index is 0.00831. The Hall–Kier alpha value is -0.490. The van der Waals surface area contributed by atoms with E-state index in [4.69, 9.17) is 9.72 Å². The molecule has 1 aliphatic rings. The summed E-state index contributed by atoms with van der Waals surface area (Å²) >= 11 is 1.86. The van der Waals surface area contributed by atoms with Gasteiger partial charge >= 0.3 is 0 Å². The lowest BCUT2D eigenvalue weighted by Crippen LogP contribution is -2.54. The zero-order chi connectivity index (χ0) is 14.6. The average Bonchev–Trinajstić information content (AvgIpc) is 2.81. The number of nitrogens with zero attached hydrogens (tertiary/aromatic N) is 2. The summed E-state index contributed by atoms with van der Waals surface area (Å²) in [4.78, 5) is 8.70. The van der Waals surface area contributed by atoms with Gasteiger partial charge in [0.15, 0.2) is 0 Å². The van der Waals surface area contributed by atoms with E-state index in [-0.39, 0.29) is 5.54 Å². The molecule has 1 fully saturated rings. The number of likely N-dealkylation sites (N-methyl/N-ethyl adjacent to an activating group) is 1. The number of rotatable bonds is 6. The van der Waals surface area contributed by atoms with Crippen molar-refractivity contribution in [3.8, 4) is 0 Å². The molecule has 0 amide bonds. The molecule has 0 saturated carbocycles. The molecule has 114 valence electrons. The van der Waals surface area contributed by atoms with Crippen molar-refractivity contribution < 1.29 is 4.74 Å². The van der Waals surface area contributed by atoms with E-state index in [9.17, 15) is 0 Å². The highest BCUT2D eigenvalue weighted by Crippen LogP contribution is 2.35. The van der Waals surface area contributed by atoms with Gasteiger partial charge in [0.25, 0.3) is 0 Å². The number of hydrogen-bond donors (Lipinski definition) is 1. The van der Waals surface area contributed by atoms with Gasteiger partial charge in [-0.2, -0.15) is 0 Å². The number of ether oxygens (including phenoxy) is 1. The highest BCUT2D eigenvalue weighted by atomic mass is 32.1. The van der Waals surface area contributed by atoms with E-state index in [0.717, 1.165) is 32.5 Å². The number of nitrogens with one attached hydrogen (secondary N) is 1. The maximum absolute atomic E-state index is 5.20. The highest BCUT2D eigenvalue weighted by molar-refractivity contribution is 7.11. The molecule has 2 heterocycles. The summed E-state index contributed by atoms with van der Waals surface area (Å²) in [5.41, 5.74) is 1.26. The van der Waals surface area contributed by atoms with Crippen LogP contribution in [0.15, 0.2) is 0 Å². The van der Waals surface area contributed by atoms with Crippen LogP contribution in [0.25, 0.3) is 0 Å². The molecule has 0 radical (unpaired) electrons. The van der Waals surface area contributed by atoms with Gasteiger partial charge in [-0.25, -0.2) is 4.98 Å². The maximum Gasteiger partial charge on any atom is 0.115 e. The molecule has 1 saturated heterocycles. The third kappa shape index (κ3) is 3.39. The Balaban J connectivity index is 2.24. The predicted molar refractivity (Wildman–Crippen MR) is 84.5 cm³/mol. The number of aryl methyl sites for hydroxylation is 2. The molecule has 1 aliphatic heterocycles. The molecule has 1 N–H and O–H groups in total. The molecular weight excluding hydrogens is 270 g/mol. The van der Waals surface area contributed by atoms with E-state index >= 15 is 0 Å². The Kier molecular flexibility index (Phi) is 5.55. The Morgan fingerprint density at radius 2 is 2.30 bits per heavy atom. The maximum atomic E-state index is 5.20. The first-order valence-electron chi connectivity index (χ1n) is 7.50. The topological polar surface area (TPSA) is 37.4 Å². The van der Waals surface area contributed by atoms with Crippen LogP contribution in [0.3, 0.4) is 0 Å². The van der Waals surface area contributed by atoms with E-state index in [1.54, 1.807) is 7.11 Å². The Morgan fingerprint density at radius 1 is 1.50 bits per heavy atom. The van der Waals surface area contributed by atoms with Crippen molar-refractivity contribution in [2.75, 3.05) is 40.4 Å². The van der Waals surface area contributed by atoms with Gasteiger partial charge in [0.2, 0.25) is 0 Å². The standard InChI is InChI=1S/C15H27N3OS/c1-5-13-12(2)20-14(17-13)15(16-8-10-19-4)7-6-9-18(3)11-15/h16H,5-11H2,1-4H3. The molecule has 20 heavy (non-hydrogen) atoms. The second-order valence-corrected chi connectivity index (χ2v) is 6.92. The lowest BCUT2D eigenvalue weighted by Gasteiger charge is -2.41. The van der Waals surface area contributed by atoms with Gasteiger partial charge < -0.3 is 15.0 Å². The largest absolute Gasteiger partial charge is 0.383 e. The van der Waals surface area contributed by atoms with Gasteiger partial charge in [-0.15, -0.1) is 11.3 Å². The summed E-state index contributed by atoms with van der Waals surface area (Å²) in [6.07, 6.45) is 3.40. The minimum Gasteiger partial charge on any atom is -0.383 e. The van der Waals surface area contributed by atoms with Gasteiger partial charge in [-0.05, 0) is 39.8 Å². The van der Waals surface area contributed by atoms with E-state index in [0.29, 0.717) is 0 Å². The molecule has 1 atom stereocenters. The number of thiazole rings is 1. The third-order valence-electron chi connectivity index (χ3n) is 4.09. The molecule has 0 aromatic carbocycles. The Labute approximate surface area is 126 Å². The summed E-state index contributed by atoms with van der Waals surface area (Å²) in [6.45, 7) is 8.21. The molecule has 4 nitrogen and oxygen atoms in total. The fourth-order valence-corrected chi connectivity index (χ4v) is 4.21. The quantitative estimate of drug-likeness (QED) is 0.817. The smallest absolute Gasteiger partial charge is 0.115 e. The van der Waals surface area contributed by atoms with Crippen LogP contribution >= 0.6 is 11.3 Å². The molecule has 5 heteroatoms. The normalized spacial score (nSPS) is 24.2. The molecule has 1 aromatic rings. The van der Waals surface area contributed by atoms with Crippen LogP contribution in [-0.2, 0) is 16.7 Å². The molecule has 0 bridgehead atoms. The van der Waals surface area contributed by atoms with E-state index < -0.39 is 0 Å². The van der Waals surface area contributed by atoms with Crippen LogP contribution in [0.2, 0.25) is 0 Å². The zero-order valence-corrected chi connectivity index (χ0v) is 14.0. The van der Waals surface area contributed by atoms with Crippen molar-refractivity contribution in [2.45, 2.75) is 38.6 Å². The van der Waals surface area contributed by atoms with Crippen LogP contribution in [0.1, 0.15) is 35.3 Å². The summed E-state index contributed by atoms with van der Waals surface area (Å²) < 4.78 is 5.20. The lowest BCUT2D eigenvalue weighted by molar-refractivity contribution is 0.125. The van der Waals surface area contributed by atoms with E-state index in [1.807, 2.05) is 11.3 Å². The van der Waals surface area contributed by atoms with Gasteiger partial charge in [0, 0.05) is 25.1 Å². The minimum atomic E-state index is 0.00831. The highest BCUT2D eigenvalue weighted by Gasteiger charge is 2.38. The summed E-state index contributed by atoms with van der Waals surface area (Å²) in [5, 5.41) is 4.99. The first kappa shape index (κ1) is 15.9. The molecule has 1 unspecified atom stereocenters. The average molecular weight is 297 g/mol. The van der Waals surface area contributed by atoms with Crippen molar-refractivity contribution in [3.05, 3.63) is 15.6 Å². The van der Waals surface area contributed by atoms with E-state index in [2.05, 4.69) is 31.1 Å². The van der Waals surface area contributed by atoms with Crippen LogP contribution in [0.5, 0.6) is 0 Å². The van der Waals surface area contributed by atoms with Gasteiger partial charge in [0.1, 0.15) is 5.01 Å². The summed E-state index contributed by atoms with van der Waals surface area (Å²) in [5.74, 6) is 0. The summed E-state index contributed by atoms with van der Waals surface area (Å²) in [7, 11) is 3.96. The Morgan fingerprint density at radius 3 is 2.90 bits per heavy atom. The van der Waals surface area contributed by atoms with Crippen LogP contribution in [-0.4, -0.2) is 50.3 Å². The van der Waals surface area contributed by atoms with Gasteiger partial charge in [0.05, 0.1) is 17.8 Å². The second kappa shape index (κ2) is 6.98. The number of piperidine rings is 1.